The molecule has 18 heavy (non-hydrogen) atoms. The molecule has 1 aromatic heterocycles. The summed E-state index contributed by atoms with van der Waals surface area (Å²) in [4.78, 5) is 8.29. The van der Waals surface area contributed by atoms with Crippen molar-refractivity contribution < 1.29 is 0 Å². The van der Waals surface area contributed by atoms with Crippen molar-refractivity contribution in [3.05, 3.63) is 11.1 Å². The molecule has 0 aromatic carbocycles. The van der Waals surface area contributed by atoms with Crippen LogP contribution >= 0.6 is 11.3 Å². The molecule has 1 aliphatic carbocycles. The Morgan fingerprint density at radius 2 is 2.22 bits per heavy atom. The van der Waals surface area contributed by atoms with E-state index in [-0.39, 0.29) is 0 Å². The van der Waals surface area contributed by atoms with Crippen molar-refractivity contribution in [3.8, 4) is 0 Å². The van der Waals surface area contributed by atoms with Gasteiger partial charge in [-0.15, -0.1) is 11.3 Å². The van der Waals surface area contributed by atoms with E-state index >= 15 is 0 Å². The van der Waals surface area contributed by atoms with E-state index in [0.717, 1.165) is 30.2 Å². The maximum Gasteiger partial charge on any atom is 0.182 e. The molecule has 3 nitrogen and oxygen atoms in total. The fraction of sp³-hybridized carbons (Fsp3) is 0.786. The SMILES string of the molecule is CCNc1ncc(CN(C)C2CCCCC2C)s1. The first-order valence-corrected chi connectivity index (χ1v) is 7.91. The molecule has 0 spiro atoms. The Morgan fingerprint density at radius 3 is 2.94 bits per heavy atom. The van der Waals surface area contributed by atoms with Crippen molar-refractivity contribution in [2.45, 2.75) is 52.1 Å². The topological polar surface area (TPSA) is 28.2 Å². The Morgan fingerprint density at radius 1 is 1.44 bits per heavy atom. The largest absolute Gasteiger partial charge is 0.362 e. The highest BCUT2D eigenvalue weighted by Crippen LogP contribution is 2.29. The van der Waals surface area contributed by atoms with Crippen LogP contribution in [0, 0.1) is 5.92 Å². The van der Waals surface area contributed by atoms with E-state index in [1.54, 1.807) is 11.3 Å². The molecule has 1 aromatic rings. The van der Waals surface area contributed by atoms with Crippen LogP contribution in [0.25, 0.3) is 0 Å². The van der Waals surface area contributed by atoms with Gasteiger partial charge in [0.15, 0.2) is 5.13 Å². The maximum atomic E-state index is 4.40. The van der Waals surface area contributed by atoms with Crippen LogP contribution < -0.4 is 5.32 Å². The fourth-order valence-corrected chi connectivity index (χ4v) is 3.87. The van der Waals surface area contributed by atoms with Gasteiger partial charge in [0.25, 0.3) is 0 Å². The first-order valence-electron chi connectivity index (χ1n) is 7.09. The lowest BCUT2D eigenvalue weighted by Crippen LogP contribution is -2.38. The highest BCUT2D eigenvalue weighted by atomic mass is 32.1. The molecule has 4 heteroatoms. The molecule has 1 N–H and O–H groups in total. The van der Waals surface area contributed by atoms with Gasteiger partial charge < -0.3 is 5.32 Å². The lowest BCUT2D eigenvalue weighted by Gasteiger charge is -2.36. The molecule has 0 saturated heterocycles. The summed E-state index contributed by atoms with van der Waals surface area (Å²) in [6, 6.07) is 0.753. The van der Waals surface area contributed by atoms with Crippen molar-refractivity contribution in [2.24, 2.45) is 5.92 Å². The van der Waals surface area contributed by atoms with Gasteiger partial charge in [-0.05, 0) is 32.7 Å². The van der Waals surface area contributed by atoms with Gasteiger partial charge in [-0.1, -0.05) is 19.8 Å². The zero-order valence-electron chi connectivity index (χ0n) is 11.8. The van der Waals surface area contributed by atoms with Crippen molar-refractivity contribution in [3.63, 3.8) is 0 Å². The summed E-state index contributed by atoms with van der Waals surface area (Å²) < 4.78 is 0. The van der Waals surface area contributed by atoms with Crippen LogP contribution in [0.5, 0.6) is 0 Å². The third-order valence-corrected chi connectivity index (χ3v) is 4.86. The minimum Gasteiger partial charge on any atom is -0.362 e. The summed E-state index contributed by atoms with van der Waals surface area (Å²) in [5.41, 5.74) is 0. The summed E-state index contributed by atoms with van der Waals surface area (Å²) in [6.07, 6.45) is 7.57. The first kappa shape index (κ1) is 13.8. The van der Waals surface area contributed by atoms with Crippen LogP contribution in [0.4, 0.5) is 5.13 Å². The second kappa shape index (κ2) is 6.53. The molecule has 0 bridgehead atoms. The molecule has 0 amide bonds. The van der Waals surface area contributed by atoms with Crippen LogP contribution in [0.3, 0.4) is 0 Å². The average Bonchev–Trinajstić information content (AvgIpc) is 2.77. The Balaban J connectivity index is 1.90. The second-order valence-corrected chi connectivity index (χ2v) is 6.52. The number of hydrogen-bond donors (Lipinski definition) is 1. The van der Waals surface area contributed by atoms with Gasteiger partial charge in [-0.3, -0.25) is 4.90 Å². The summed E-state index contributed by atoms with van der Waals surface area (Å²) in [5.74, 6) is 0.838. The van der Waals surface area contributed by atoms with Crippen molar-refractivity contribution in [2.75, 3.05) is 18.9 Å². The Labute approximate surface area is 115 Å². The number of rotatable bonds is 5. The summed E-state index contributed by atoms with van der Waals surface area (Å²) >= 11 is 1.79. The van der Waals surface area contributed by atoms with Gasteiger partial charge in [0.05, 0.1) is 0 Å². The van der Waals surface area contributed by atoms with Crippen LogP contribution in [0.1, 0.15) is 44.4 Å². The first-order chi connectivity index (χ1) is 8.70. The number of anilines is 1. The third-order valence-electron chi connectivity index (χ3n) is 3.92. The van der Waals surface area contributed by atoms with Gasteiger partial charge in [0.1, 0.15) is 0 Å². The third kappa shape index (κ3) is 3.45. The number of nitrogens with one attached hydrogen (secondary N) is 1. The molecule has 1 heterocycles. The minimum absolute atomic E-state index is 0.753. The molecule has 2 unspecified atom stereocenters. The van der Waals surface area contributed by atoms with Crippen LogP contribution in [0.15, 0.2) is 6.20 Å². The van der Waals surface area contributed by atoms with Gasteiger partial charge in [-0.25, -0.2) is 4.98 Å². The second-order valence-electron chi connectivity index (χ2n) is 5.41. The highest BCUT2D eigenvalue weighted by molar-refractivity contribution is 7.15. The molecule has 0 radical (unpaired) electrons. The van der Waals surface area contributed by atoms with E-state index in [1.807, 2.05) is 6.20 Å². The lowest BCUT2D eigenvalue weighted by molar-refractivity contribution is 0.134. The zero-order chi connectivity index (χ0) is 13.0. The lowest BCUT2D eigenvalue weighted by atomic mass is 9.85. The van der Waals surface area contributed by atoms with Crippen molar-refractivity contribution >= 4 is 16.5 Å². The van der Waals surface area contributed by atoms with Crippen molar-refractivity contribution in [1.82, 2.24) is 9.88 Å². The smallest absolute Gasteiger partial charge is 0.182 e. The van der Waals surface area contributed by atoms with Crippen LogP contribution in [-0.4, -0.2) is 29.5 Å². The van der Waals surface area contributed by atoms with Crippen molar-refractivity contribution in [1.29, 1.82) is 0 Å². The molecule has 102 valence electrons. The Hall–Kier alpha value is -0.610. The predicted octanol–water partition coefficient (Wildman–Crippen LogP) is 3.59. The summed E-state index contributed by atoms with van der Waals surface area (Å²) in [6.45, 7) is 6.49. The molecule has 2 rings (SSSR count). The van der Waals surface area contributed by atoms with Crippen LogP contribution in [0.2, 0.25) is 0 Å². The molecule has 0 aliphatic heterocycles. The minimum atomic E-state index is 0.753. The summed E-state index contributed by atoms with van der Waals surface area (Å²) in [7, 11) is 2.26. The van der Waals surface area contributed by atoms with E-state index in [2.05, 4.69) is 36.1 Å². The quantitative estimate of drug-likeness (QED) is 0.883. The highest BCUT2D eigenvalue weighted by Gasteiger charge is 2.25. The molecule has 1 saturated carbocycles. The van der Waals surface area contributed by atoms with E-state index in [0.29, 0.717) is 0 Å². The molecule has 1 aliphatic rings. The number of nitrogens with zero attached hydrogens (tertiary/aromatic N) is 2. The zero-order valence-corrected chi connectivity index (χ0v) is 12.6. The van der Waals surface area contributed by atoms with E-state index < -0.39 is 0 Å². The number of thiazole rings is 1. The fourth-order valence-electron chi connectivity index (χ4n) is 2.93. The predicted molar refractivity (Wildman–Crippen MR) is 79.2 cm³/mol. The maximum absolute atomic E-state index is 4.40. The molecule has 1 fully saturated rings. The van der Waals surface area contributed by atoms with E-state index in [1.165, 1.54) is 30.6 Å². The number of aromatic nitrogens is 1. The molecule has 2 atom stereocenters. The monoisotopic (exact) mass is 267 g/mol. The van der Waals surface area contributed by atoms with Gasteiger partial charge in [0.2, 0.25) is 0 Å². The van der Waals surface area contributed by atoms with E-state index in [4.69, 9.17) is 0 Å². The summed E-state index contributed by atoms with van der Waals surface area (Å²) in [5, 5.41) is 4.33. The molecular weight excluding hydrogens is 242 g/mol. The average molecular weight is 267 g/mol. The standard InChI is InChI=1S/C14H25N3S/c1-4-15-14-16-9-12(18-14)10-17(3)13-8-6-5-7-11(13)2/h9,11,13H,4-8,10H2,1-3H3,(H,15,16). The van der Waals surface area contributed by atoms with Gasteiger partial charge >= 0.3 is 0 Å². The normalized spacial score (nSPS) is 24.4. The van der Waals surface area contributed by atoms with Crippen LogP contribution in [-0.2, 0) is 6.54 Å². The Kier molecular flexibility index (Phi) is 5.01. The van der Waals surface area contributed by atoms with E-state index in [9.17, 15) is 0 Å². The number of hydrogen-bond acceptors (Lipinski definition) is 4. The molecular formula is C14H25N3S. The van der Waals surface area contributed by atoms with Gasteiger partial charge in [0, 0.05) is 30.2 Å². The Bertz CT molecular complexity index is 364. The van der Waals surface area contributed by atoms with Gasteiger partial charge in [-0.2, -0.15) is 0 Å².